The molecule has 1 aromatic carbocycles. The maximum Gasteiger partial charge on any atom is 0.202 e. The molecular weight excluding hydrogens is 302 g/mol. The maximum absolute atomic E-state index is 10.8. The third-order valence-corrected chi connectivity index (χ3v) is 2.76. The predicted octanol–water partition coefficient (Wildman–Crippen LogP) is 5.06. The number of nitrogens with zero attached hydrogens (tertiary/aromatic N) is 1. The van der Waals surface area contributed by atoms with Crippen molar-refractivity contribution in [3.05, 3.63) is 36.4 Å². The molecule has 23 heavy (non-hydrogen) atoms. The van der Waals surface area contributed by atoms with Crippen LogP contribution in [0.25, 0.3) is 6.08 Å². The van der Waals surface area contributed by atoms with Gasteiger partial charge in [0.25, 0.3) is 0 Å². The second kappa shape index (κ2) is 15.2. The average Bonchev–Trinajstić information content (AvgIpc) is 2.51. The number of Topliss-reactive ketones (excluding diaryl/α,β-unsaturated/α-hetero) is 1. The van der Waals surface area contributed by atoms with Gasteiger partial charge in [-0.3, -0.25) is 4.79 Å². The molecule has 1 aromatic rings. The Morgan fingerprint density at radius 2 is 1.74 bits per heavy atom. The van der Waals surface area contributed by atoms with Crippen LogP contribution in [0.3, 0.4) is 0 Å². The standard InChI is InChI=1S/C17H21NO.C3H8.H2S/c1-4-13-18(14-7-6-8-15(3)19)17-11-9-16(5-2)10-12-17;1-3-2;/h5,9-12H,2,4,7,13-14H2,1,3H3;3H2,1-2H3;1H2. The molecule has 0 saturated carbocycles. The van der Waals surface area contributed by atoms with Gasteiger partial charge in [-0.05, 0) is 30.0 Å². The first-order chi connectivity index (χ1) is 10.6. The minimum atomic E-state index is -0.0719. The topological polar surface area (TPSA) is 20.3 Å². The van der Waals surface area contributed by atoms with Crippen molar-refractivity contribution in [2.24, 2.45) is 0 Å². The van der Waals surface area contributed by atoms with Crippen molar-refractivity contribution < 1.29 is 4.79 Å². The normalized spacial score (nSPS) is 8.52. The summed E-state index contributed by atoms with van der Waals surface area (Å²) >= 11 is 0. The number of hydrogen-bond donors (Lipinski definition) is 0. The molecule has 0 bridgehead atoms. The Balaban J connectivity index is 0. The summed E-state index contributed by atoms with van der Waals surface area (Å²) in [7, 11) is 0. The van der Waals surface area contributed by atoms with E-state index in [1.165, 1.54) is 19.0 Å². The highest BCUT2D eigenvalue weighted by molar-refractivity contribution is 7.59. The second-order valence-electron chi connectivity index (χ2n) is 5.10. The monoisotopic (exact) mass is 333 g/mol. The van der Waals surface area contributed by atoms with E-state index in [0.717, 1.165) is 25.1 Å². The fourth-order valence-electron chi connectivity index (χ4n) is 1.84. The fraction of sp³-hybridized carbons (Fsp3) is 0.450. The van der Waals surface area contributed by atoms with Crippen LogP contribution in [-0.4, -0.2) is 18.9 Å². The van der Waals surface area contributed by atoms with Crippen LogP contribution >= 0.6 is 13.5 Å². The minimum Gasteiger partial charge on any atom is -0.371 e. The molecule has 0 aliphatic carbocycles. The molecule has 0 aliphatic rings. The van der Waals surface area contributed by atoms with Crippen molar-refractivity contribution in [1.29, 1.82) is 0 Å². The lowest BCUT2D eigenvalue weighted by Gasteiger charge is -2.23. The maximum atomic E-state index is 10.8. The molecule has 0 heterocycles. The van der Waals surface area contributed by atoms with Crippen molar-refractivity contribution >= 4 is 31.0 Å². The van der Waals surface area contributed by atoms with E-state index in [1.807, 2.05) is 6.08 Å². The summed E-state index contributed by atoms with van der Waals surface area (Å²) in [5.41, 5.74) is 2.31. The van der Waals surface area contributed by atoms with Crippen molar-refractivity contribution in [2.45, 2.75) is 47.0 Å². The summed E-state index contributed by atoms with van der Waals surface area (Å²) in [4.78, 5) is 13.1. The van der Waals surface area contributed by atoms with Crippen molar-refractivity contribution in [2.75, 3.05) is 18.0 Å². The van der Waals surface area contributed by atoms with Gasteiger partial charge in [0.15, 0.2) is 0 Å². The lowest BCUT2D eigenvalue weighted by Crippen LogP contribution is -2.24. The van der Waals surface area contributed by atoms with Crippen molar-refractivity contribution in [3.63, 3.8) is 0 Å². The van der Waals surface area contributed by atoms with E-state index < -0.39 is 0 Å². The van der Waals surface area contributed by atoms with Gasteiger partial charge in [0.2, 0.25) is 5.78 Å². The first-order valence-corrected chi connectivity index (χ1v) is 8.05. The Hall–Kier alpha value is -1.66. The van der Waals surface area contributed by atoms with Gasteiger partial charge in [0.05, 0.1) is 0 Å². The molecule has 0 fully saturated rings. The minimum absolute atomic E-state index is 0. The molecule has 0 saturated heterocycles. The molecule has 3 heteroatoms. The van der Waals surface area contributed by atoms with Gasteiger partial charge in [-0.25, -0.2) is 0 Å². The molecule has 0 radical (unpaired) electrons. The van der Waals surface area contributed by atoms with Crippen LogP contribution in [0.15, 0.2) is 30.8 Å². The third kappa shape index (κ3) is 11.5. The first-order valence-electron chi connectivity index (χ1n) is 8.05. The van der Waals surface area contributed by atoms with Crippen LogP contribution in [0.4, 0.5) is 5.69 Å². The Bertz CT molecular complexity index is 497. The second-order valence-corrected chi connectivity index (χ2v) is 5.10. The third-order valence-electron chi connectivity index (χ3n) is 2.76. The Morgan fingerprint density at radius 3 is 2.17 bits per heavy atom. The first kappa shape index (κ1) is 23.6. The van der Waals surface area contributed by atoms with Crippen LogP contribution < -0.4 is 4.90 Å². The van der Waals surface area contributed by atoms with Gasteiger partial charge in [0.1, 0.15) is 0 Å². The van der Waals surface area contributed by atoms with E-state index in [2.05, 4.69) is 68.4 Å². The summed E-state index contributed by atoms with van der Waals surface area (Å²) in [5.74, 6) is 5.42. The van der Waals surface area contributed by atoms with Crippen LogP contribution in [-0.2, 0) is 4.79 Å². The van der Waals surface area contributed by atoms with Crippen molar-refractivity contribution in [1.82, 2.24) is 0 Å². The number of carbonyl (C=O) groups is 1. The van der Waals surface area contributed by atoms with Gasteiger partial charge < -0.3 is 4.90 Å². The zero-order valence-electron chi connectivity index (χ0n) is 15.0. The average molecular weight is 334 g/mol. The van der Waals surface area contributed by atoms with E-state index in [-0.39, 0.29) is 19.3 Å². The molecule has 0 aliphatic heterocycles. The number of benzene rings is 1. The number of anilines is 1. The molecule has 0 spiro atoms. The number of hydrogen-bond acceptors (Lipinski definition) is 2. The SMILES string of the molecule is C=Cc1ccc(N(CCC)CCC#CC(C)=O)cc1.CCC.S. The number of ketones is 1. The molecule has 1 rings (SSSR count). The predicted molar refractivity (Wildman–Crippen MR) is 108 cm³/mol. The molecule has 0 aromatic heterocycles. The zero-order chi connectivity index (χ0) is 16.8. The van der Waals surface area contributed by atoms with E-state index in [1.54, 1.807) is 0 Å². The van der Waals surface area contributed by atoms with E-state index in [9.17, 15) is 4.79 Å². The van der Waals surface area contributed by atoms with Gasteiger partial charge in [-0.15, -0.1) is 0 Å². The molecule has 0 amide bonds. The lowest BCUT2D eigenvalue weighted by atomic mass is 10.2. The van der Waals surface area contributed by atoms with Gasteiger partial charge in [-0.2, -0.15) is 13.5 Å². The Labute approximate surface area is 149 Å². The molecule has 128 valence electrons. The molecule has 0 atom stereocenters. The highest BCUT2D eigenvalue weighted by Crippen LogP contribution is 2.16. The molecule has 2 nitrogen and oxygen atoms in total. The van der Waals surface area contributed by atoms with Crippen LogP contribution in [0.1, 0.15) is 52.5 Å². The smallest absolute Gasteiger partial charge is 0.202 e. The van der Waals surface area contributed by atoms with Crippen LogP contribution in [0, 0.1) is 11.8 Å². The molecule has 0 unspecified atom stereocenters. The van der Waals surface area contributed by atoms with Gasteiger partial charge >= 0.3 is 0 Å². The summed E-state index contributed by atoms with van der Waals surface area (Å²) in [6, 6.07) is 8.33. The van der Waals surface area contributed by atoms with E-state index in [0.29, 0.717) is 6.42 Å². The van der Waals surface area contributed by atoms with Crippen LogP contribution in [0.2, 0.25) is 0 Å². The van der Waals surface area contributed by atoms with E-state index >= 15 is 0 Å². The van der Waals surface area contributed by atoms with Gasteiger partial charge in [0, 0.05) is 32.1 Å². The Morgan fingerprint density at radius 1 is 1.17 bits per heavy atom. The number of rotatable bonds is 6. The number of carbonyl (C=O) groups excluding carboxylic acids is 1. The lowest BCUT2D eigenvalue weighted by molar-refractivity contribution is -0.111. The zero-order valence-corrected chi connectivity index (χ0v) is 16.0. The summed E-state index contributed by atoms with van der Waals surface area (Å²) in [6.07, 6.45) is 4.89. The highest BCUT2D eigenvalue weighted by atomic mass is 32.1. The molecular formula is C20H31NOS. The largest absolute Gasteiger partial charge is 0.371 e. The molecule has 0 N–H and O–H groups in total. The Kier molecular flexibility index (Phi) is 15.6. The van der Waals surface area contributed by atoms with Gasteiger partial charge in [-0.1, -0.05) is 57.9 Å². The van der Waals surface area contributed by atoms with Crippen molar-refractivity contribution in [3.8, 4) is 11.8 Å². The van der Waals surface area contributed by atoms with Crippen LogP contribution in [0.5, 0.6) is 0 Å². The summed E-state index contributed by atoms with van der Waals surface area (Å²) in [5, 5.41) is 0. The fourth-order valence-corrected chi connectivity index (χ4v) is 1.84. The highest BCUT2D eigenvalue weighted by Gasteiger charge is 2.04. The quantitative estimate of drug-likeness (QED) is 0.536. The van der Waals surface area contributed by atoms with E-state index in [4.69, 9.17) is 0 Å². The summed E-state index contributed by atoms with van der Waals surface area (Å²) in [6.45, 7) is 13.5. The summed E-state index contributed by atoms with van der Waals surface area (Å²) < 4.78 is 0.